The number of likely N-dealkylation sites (N-methyl/N-ethyl adjacent to an activating group) is 1. The molecule has 0 spiro atoms. The SMILES string of the molecule is COC(=O)CN1CCOCCN(CC(=O)OC)c2cc(OCC(=O)NCCc3ccc(N)cc3)c(C3=C4C=CC(N(C)C)C=C4Oc4cc(N(C)C)ccc43)cc2OCCOc2cc(C)ccc21. The number of carbonyl (C=O) groups is 3. The summed E-state index contributed by atoms with van der Waals surface area (Å²) in [6.45, 7) is 3.09. The van der Waals surface area contributed by atoms with Crippen LogP contribution in [0, 0.1) is 6.92 Å². The molecule has 360 valence electrons. The lowest BCUT2D eigenvalue weighted by Crippen LogP contribution is -2.36. The lowest BCUT2D eigenvalue weighted by Gasteiger charge is -2.32. The number of nitrogens with zero attached hydrogens (tertiary/aromatic N) is 4. The van der Waals surface area contributed by atoms with Gasteiger partial charge in [0.2, 0.25) is 0 Å². The Kier molecular flexibility index (Phi) is 16.2. The van der Waals surface area contributed by atoms with Gasteiger partial charge in [-0.3, -0.25) is 19.3 Å². The van der Waals surface area contributed by atoms with Crippen LogP contribution in [0.4, 0.5) is 22.7 Å². The zero-order valence-corrected chi connectivity index (χ0v) is 40.0. The summed E-state index contributed by atoms with van der Waals surface area (Å²) in [6.07, 6.45) is 6.85. The topological polar surface area (TPSA) is 167 Å². The van der Waals surface area contributed by atoms with E-state index in [0.717, 1.165) is 33.5 Å². The van der Waals surface area contributed by atoms with E-state index in [4.69, 9.17) is 38.9 Å². The number of nitrogen functional groups attached to an aromatic ring is 1. The van der Waals surface area contributed by atoms with Crippen LogP contribution in [0.15, 0.2) is 102 Å². The number of hydrogen-bond acceptors (Lipinski definition) is 15. The van der Waals surface area contributed by atoms with E-state index < -0.39 is 11.9 Å². The van der Waals surface area contributed by atoms with Gasteiger partial charge in [-0.1, -0.05) is 30.4 Å². The number of anilines is 4. The van der Waals surface area contributed by atoms with Gasteiger partial charge in [0.15, 0.2) is 6.61 Å². The van der Waals surface area contributed by atoms with Crippen LogP contribution in [-0.4, -0.2) is 137 Å². The van der Waals surface area contributed by atoms with Crippen molar-refractivity contribution in [1.29, 1.82) is 0 Å². The molecule has 3 N–H and O–H groups in total. The highest BCUT2D eigenvalue weighted by Crippen LogP contribution is 2.49. The molecule has 4 aromatic rings. The fourth-order valence-corrected chi connectivity index (χ4v) is 8.04. The van der Waals surface area contributed by atoms with Crippen LogP contribution >= 0.6 is 0 Å². The number of nitrogens with one attached hydrogen (secondary N) is 1. The third-order valence-corrected chi connectivity index (χ3v) is 11.8. The molecule has 0 saturated carbocycles. The van der Waals surface area contributed by atoms with Gasteiger partial charge in [0, 0.05) is 85.6 Å². The highest BCUT2D eigenvalue weighted by molar-refractivity contribution is 5.95. The summed E-state index contributed by atoms with van der Waals surface area (Å²) in [6, 6.07) is 23.1. The minimum atomic E-state index is -0.489. The highest BCUT2D eigenvalue weighted by atomic mass is 16.5. The normalized spacial score (nSPS) is 15.9. The summed E-state index contributed by atoms with van der Waals surface area (Å²) in [5.41, 5.74) is 13.8. The van der Waals surface area contributed by atoms with Crippen LogP contribution < -0.4 is 44.7 Å². The number of amides is 1. The molecule has 3 aliphatic rings. The van der Waals surface area contributed by atoms with Gasteiger partial charge in [-0.25, -0.2) is 0 Å². The van der Waals surface area contributed by atoms with Gasteiger partial charge >= 0.3 is 11.9 Å². The maximum absolute atomic E-state index is 13.6. The Labute approximate surface area is 398 Å². The summed E-state index contributed by atoms with van der Waals surface area (Å²) in [4.78, 5) is 47.1. The molecule has 16 nitrogen and oxygen atoms in total. The third kappa shape index (κ3) is 12.0. The first-order valence-corrected chi connectivity index (χ1v) is 22.6. The number of rotatable bonds is 13. The van der Waals surface area contributed by atoms with Crippen LogP contribution in [0.3, 0.4) is 0 Å². The largest absolute Gasteiger partial charge is 0.488 e. The zero-order chi connectivity index (χ0) is 48.3. The number of benzene rings is 4. The van der Waals surface area contributed by atoms with Crippen molar-refractivity contribution in [2.75, 3.05) is 129 Å². The predicted octanol–water partition coefficient (Wildman–Crippen LogP) is 5.41. The maximum atomic E-state index is 13.6. The van der Waals surface area contributed by atoms with Gasteiger partial charge in [-0.2, -0.15) is 0 Å². The molecule has 0 fully saturated rings. The fourth-order valence-electron chi connectivity index (χ4n) is 8.04. The second-order valence-electron chi connectivity index (χ2n) is 17.0. The molecule has 68 heavy (non-hydrogen) atoms. The van der Waals surface area contributed by atoms with Crippen LogP contribution in [0.5, 0.6) is 23.0 Å². The minimum absolute atomic E-state index is 0.0216. The van der Waals surface area contributed by atoms with Crippen molar-refractivity contribution in [3.63, 3.8) is 0 Å². The van der Waals surface area contributed by atoms with Crippen molar-refractivity contribution in [3.05, 3.63) is 125 Å². The molecular formula is C52H62N6O10. The molecule has 0 bridgehead atoms. The number of hydrogen-bond donors (Lipinski definition) is 2. The summed E-state index contributed by atoms with van der Waals surface area (Å²) in [5, 5.41) is 2.99. The Morgan fingerprint density at radius 2 is 1.46 bits per heavy atom. The van der Waals surface area contributed by atoms with Crippen LogP contribution in [0.1, 0.15) is 22.3 Å². The average molecular weight is 931 g/mol. The van der Waals surface area contributed by atoms with Crippen molar-refractivity contribution in [2.24, 2.45) is 0 Å². The smallest absolute Gasteiger partial charge is 0.325 e. The second-order valence-corrected chi connectivity index (χ2v) is 17.0. The van der Waals surface area contributed by atoms with Crippen LogP contribution in [0.25, 0.3) is 5.57 Å². The Bertz CT molecular complexity index is 2550. The van der Waals surface area contributed by atoms with Gasteiger partial charge < -0.3 is 58.9 Å². The third-order valence-electron chi connectivity index (χ3n) is 11.8. The number of carbonyl (C=O) groups excluding carboxylic acids is 3. The standard InChI is InChI=1S/C52H62N6O10/c1-34-8-17-42-47(26-34)65-24-25-66-48-29-41(52-39-15-13-37(55(2)3)27-45(39)68-46-28-38(56(4)5)14-16-40(46)52)44(67-33-49(59)54-19-18-35-9-11-36(53)12-10-35)30-43(48)58(32-51(61)63-7)21-23-64-22-20-57(42)31-50(60)62-6/h8-17,26-30,37H,18-25,31-33,53H2,1-7H3,(H,54,59). The molecule has 1 atom stereocenters. The van der Waals surface area contributed by atoms with Crippen molar-refractivity contribution in [3.8, 4) is 23.0 Å². The molecule has 0 radical (unpaired) electrons. The molecule has 0 aromatic heterocycles. The van der Waals surface area contributed by atoms with Gasteiger partial charge in [0.1, 0.15) is 55.1 Å². The Morgan fingerprint density at radius 3 is 2.12 bits per heavy atom. The number of methoxy groups -OCH3 is 2. The van der Waals surface area contributed by atoms with Crippen molar-refractivity contribution >= 4 is 46.2 Å². The van der Waals surface area contributed by atoms with Crippen LogP contribution in [0.2, 0.25) is 0 Å². The number of fused-ring (bicyclic) bond motifs is 4. The Hall–Kier alpha value is -7.17. The number of aryl methyl sites for hydroxylation is 1. The number of nitrogens with two attached hydrogens (primary N) is 1. The predicted molar refractivity (Wildman–Crippen MR) is 263 cm³/mol. The van der Waals surface area contributed by atoms with E-state index in [1.165, 1.54) is 14.2 Å². The van der Waals surface area contributed by atoms with E-state index in [1.807, 2.05) is 117 Å². The van der Waals surface area contributed by atoms with Crippen molar-refractivity contribution in [2.45, 2.75) is 19.4 Å². The molecule has 2 aliphatic heterocycles. The molecule has 1 amide bonds. The summed E-state index contributed by atoms with van der Waals surface area (Å²) < 4.78 is 42.9. The molecule has 2 heterocycles. The number of allylic oxidation sites excluding steroid dienone is 1. The van der Waals surface area contributed by atoms with E-state index >= 15 is 0 Å². The van der Waals surface area contributed by atoms with Gasteiger partial charge in [-0.05, 0) is 87.1 Å². The van der Waals surface area contributed by atoms with Gasteiger partial charge in [-0.15, -0.1) is 0 Å². The lowest BCUT2D eigenvalue weighted by atomic mass is 9.86. The quantitative estimate of drug-likeness (QED) is 0.129. The summed E-state index contributed by atoms with van der Waals surface area (Å²) >= 11 is 0. The number of esters is 2. The first kappa shape index (κ1) is 48.8. The van der Waals surface area contributed by atoms with E-state index in [0.29, 0.717) is 70.9 Å². The van der Waals surface area contributed by atoms with E-state index in [9.17, 15) is 14.4 Å². The van der Waals surface area contributed by atoms with E-state index in [2.05, 4.69) is 28.4 Å². The molecule has 16 heteroatoms. The maximum Gasteiger partial charge on any atom is 0.325 e. The van der Waals surface area contributed by atoms with Crippen molar-refractivity contribution in [1.82, 2.24) is 10.2 Å². The summed E-state index contributed by atoms with van der Waals surface area (Å²) in [7, 11) is 10.7. The first-order valence-electron chi connectivity index (χ1n) is 22.6. The molecule has 4 aromatic carbocycles. The van der Waals surface area contributed by atoms with E-state index in [-0.39, 0.29) is 64.6 Å². The molecular weight excluding hydrogens is 869 g/mol. The molecule has 0 saturated heterocycles. The Morgan fingerprint density at radius 1 is 0.779 bits per heavy atom. The van der Waals surface area contributed by atoms with Crippen LogP contribution in [-0.2, 0) is 35.0 Å². The highest BCUT2D eigenvalue weighted by Gasteiger charge is 2.32. The monoisotopic (exact) mass is 930 g/mol. The zero-order valence-electron chi connectivity index (χ0n) is 40.0. The first-order chi connectivity index (χ1) is 32.8. The minimum Gasteiger partial charge on any atom is -0.488 e. The average Bonchev–Trinajstić information content (AvgIpc) is 3.33. The summed E-state index contributed by atoms with van der Waals surface area (Å²) in [5.74, 6) is 1.44. The Balaban J connectivity index is 1.33. The molecule has 1 aliphatic carbocycles. The van der Waals surface area contributed by atoms with Crippen molar-refractivity contribution < 1.29 is 47.5 Å². The van der Waals surface area contributed by atoms with E-state index in [1.54, 1.807) is 6.07 Å². The second kappa shape index (κ2) is 22.5. The lowest BCUT2D eigenvalue weighted by molar-refractivity contribution is -0.139. The van der Waals surface area contributed by atoms with Gasteiger partial charge in [0.25, 0.3) is 5.91 Å². The van der Waals surface area contributed by atoms with Gasteiger partial charge in [0.05, 0.1) is 38.8 Å². The molecule has 7 rings (SSSR count). The number of ether oxygens (including phenoxy) is 7. The fraction of sp³-hybridized carbons (Fsp3) is 0.365. The molecule has 1 unspecified atom stereocenters.